The average molecular weight is 818 g/mol. The summed E-state index contributed by atoms with van der Waals surface area (Å²) in [5.41, 5.74) is 8.35. The Bertz CT molecular complexity index is 3330. The number of nitrogens with zero attached hydrogens (tertiary/aromatic N) is 7. The quantitative estimate of drug-likeness (QED) is 0.152. The maximum atomic E-state index is 15.0. The Kier molecular flexibility index (Phi) is 9.39. The predicted octanol–water partition coefficient (Wildman–Crippen LogP) is 13.1. The second kappa shape index (κ2) is 15.8. The molecule has 0 aliphatic rings. The lowest BCUT2D eigenvalue weighted by molar-refractivity contribution is 0.584. The van der Waals surface area contributed by atoms with E-state index in [0.717, 1.165) is 55.7 Å². The van der Waals surface area contributed by atoms with Crippen LogP contribution in [0.15, 0.2) is 200 Å². The van der Waals surface area contributed by atoms with E-state index in [9.17, 15) is 0 Å². The number of rotatable bonds is 8. The highest BCUT2D eigenvalue weighted by molar-refractivity contribution is 6.11. The van der Waals surface area contributed by atoms with Crippen molar-refractivity contribution in [2.75, 3.05) is 0 Å². The van der Waals surface area contributed by atoms with Gasteiger partial charge >= 0.3 is 0 Å². The first-order valence-electron chi connectivity index (χ1n) is 20.4. The Morgan fingerprint density at radius 3 is 1.14 bits per heavy atom. The first-order chi connectivity index (χ1) is 31.0. The molecule has 0 N–H and O–H groups in total. The zero-order chi connectivity index (χ0) is 42.3. The second-order valence-electron chi connectivity index (χ2n) is 15.1. The number of para-hydroxylation sites is 1. The van der Waals surface area contributed by atoms with Crippen LogP contribution >= 0.6 is 0 Å². The van der Waals surface area contributed by atoms with Gasteiger partial charge in [0.05, 0.1) is 16.7 Å². The summed E-state index contributed by atoms with van der Waals surface area (Å²) in [6, 6.07) is 62.9. The van der Waals surface area contributed by atoms with Crippen LogP contribution in [0.5, 0.6) is 0 Å². The Hall–Kier alpha value is -8.56. The lowest BCUT2D eigenvalue weighted by atomic mass is 10.00. The van der Waals surface area contributed by atoms with Crippen molar-refractivity contribution in [3.8, 4) is 85.1 Å². The van der Waals surface area contributed by atoms with Gasteiger partial charge in [0.1, 0.15) is 11.6 Å². The first-order valence-corrected chi connectivity index (χ1v) is 20.4. The second-order valence-corrected chi connectivity index (χ2v) is 15.1. The van der Waals surface area contributed by atoms with E-state index in [0.29, 0.717) is 57.3 Å². The SMILES string of the molecule is Fc1cc(F)cc(-c2ccc(-c3nc(-c4ccccc4)nc(-c4ccccc4)n3)cc2-n2c3ccccc3c3cc(-c4nc(-c5ccccc5)nc(-c5ccccc5)n4)ccc32)c1. The number of fused-ring (bicyclic) bond motifs is 3. The van der Waals surface area contributed by atoms with Crippen LogP contribution in [-0.2, 0) is 0 Å². The van der Waals surface area contributed by atoms with Gasteiger partial charge in [-0.25, -0.2) is 38.7 Å². The van der Waals surface area contributed by atoms with Crippen LogP contribution in [0.3, 0.4) is 0 Å². The fraction of sp³-hybridized carbons (Fsp3) is 0. The molecule has 8 aromatic carbocycles. The Balaban J connectivity index is 1.14. The summed E-state index contributed by atoms with van der Waals surface area (Å²) >= 11 is 0. The monoisotopic (exact) mass is 817 g/mol. The molecule has 0 saturated carbocycles. The summed E-state index contributed by atoms with van der Waals surface area (Å²) in [5, 5.41) is 1.90. The third kappa shape index (κ3) is 7.17. The molecular weight excluding hydrogens is 785 g/mol. The van der Waals surface area contributed by atoms with Crippen LogP contribution in [0.25, 0.3) is 107 Å². The van der Waals surface area contributed by atoms with Crippen LogP contribution in [0, 0.1) is 11.6 Å². The number of hydrogen-bond donors (Lipinski definition) is 0. The van der Waals surface area contributed by atoms with Gasteiger partial charge in [0.15, 0.2) is 34.9 Å². The number of halogens is 2. The van der Waals surface area contributed by atoms with Crippen LogP contribution in [0.1, 0.15) is 0 Å². The van der Waals surface area contributed by atoms with E-state index in [1.807, 2.05) is 170 Å². The normalized spacial score (nSPS) is 11.3. The molecule has 0 aliphatic carbocycles. The molecule has 3 heterocycles. The van der Waals surface area contributed by atoms with E-state index in [1.165, 1.54) is 12.1 Å². The molecule has 7 nitrogen and oxygen atoms in total. The molecule has 0 saturated heterocycles. The predicted molar refractivity (Wildman–Crippen MR) is 246 cm³/mol. The third-order valence-corrected chi connectivity index (χ3v) is 11.0. The lowest BCUT2D eigenvalue weighted by Gasteiger charge is -2.17. The highest BCUT2D eigenvalue weighted by Gasteiger charge is 2.21. The molecule has 298 valence electrons. The zero-order valence-electron chi connectivity index (χ0n) is 33.4. The summed E-state index contributed by atoms with van der Waals surface area (Å²) in [5.74, 6) is 1.79. The molecule has 0 unspecified atom stereocenters. The fourth-order valence-corrected chi connectivity index (χ4v) is 8.06. The van der Waals surface area contributed by atoms with Crippen molar-refractivity contribution in [2.45, 2.75) is 0 Å². The fourth-order valence-electron chi connectivity index (χ4n) is 8.06. The molecular formula is C54H33F2N7. The van der Waals surface area contributed by atoms with Crippen LogP contribution in [0.4, 0.5) is 8.78 Å². The van der Waals surface area contributed by atoms with E-state index in [1.54, 1.807) is 0 Å². The van der Waals surface area contributed by atoms with Crippen molar-refractivity contribution >= 4 is 21.8 Å². The Morgan fingerprint density at radius 2 is 0.667 bits per heavy atom. The summed E-state index contributed by atoms with van der Waals surface area (Å²) < 4.78 is 32.2. The molecule has 63 heavy (non-hydrogen) atoms. The molecule has 9 heteroatoms. The van der Waals surface area contributed by atoms with E-state index in [-0.39, 0.29) is 0 Å². The zero-order valence-corrected chi connectivity index (χ0v) is 33.4. The smallest absolute Gasteiger partial charge is 0.164 e. The van der Waals surface area contributed by atoms with Gasteiger partial charge in [-0.2, -0.15) is 0 Å². The molecule has 0 aliphatic heterocycles. The standard InChI is InChI=1S/C54H33F2N7/c55-41-29-40(30-42(56)33-41)43-27-25-39(54-61-51(36-19-9-3-10-20-36)58-52(62-54)37-21-11-4-12-22-37)32-48(43)63-46-24-14-13-23-44(46)45-31-38(26-28-47(45)63)53-59-49(34-15-5-1-6-16-34)57-50(60-53)35-17-7-2-8-18-35/h1-33H. The Morgan fingerprint density at radius 1 is 0.286 bits per heavy atom. The van der Waals surface area contributed by atoms with Gasteiger partial charge in [0.2, 0.25) is 0 Å². The van der Waals surface area contributed by atoms with Gasteiger partial charge in [-0.3, -0.25) is 0 Å². The number of hydrogen-bond acceptors (Lipinski definition) is 6. The van der Waals surface area contributed by atoms with Gasteiger partial charge in [-0.15, -0.1) is 0 Å². The Labute approximate surface area is 360 Å². The molecule has 0 atom stereocenters. The van der Waals surface area contributed by atoms with Crippen LogP contribution < -0.4 is 0 Å². The van der Waals surface area contributed by atoms with Crippen molar-refractivity contribution in [1.29, 1.82) is 0 Å². The van der Waals surface area contributed by atoms with E-state index < -0.39 is 11.6 Å². The van der Waals surface area contributed by atoms with Crippen LogP contribution in [0.2, 0.25) is 0 Å². The van der Waals surface area contributed by atoms with Gasteiger partial charge in [0, 0.05) is 55.8 Å². The average Bonchev–Trinajstić information content (AvgIpc) is 3.68. The highest BCUT2D eigenvalue weighted by Crippen LogP contribution is 2.40. The van der Waals surface area contributed by atoms with Crippen molar-refractivity contribution in [1.82, 2.24) is 34.5 Å². The molecule has 0 bridgehead atoms. The van der Waals surface area contributed by atoms with Crippen molar-refractivity contribution < 1.29 is 8.78 Å². The van der Waals surface area contributed by atoms with E-state index in [4.69, 9.17) is 29.9 Å². The van der Waals surface area contributed by atoms with Gasteiger partial charge < -0.3 is 4.57 Å². The summed E-state index contributed by atoms with van der Waals surface area (Å²) in [6.07, 6.45) is 0. The molecule has 0 radical (unpaired) electrons. The van der Waals surface area contributed by atoms with Gasteiger partial charge in [0.25, 0.3) is 0 Å². The summed E-state index contributed by atoms with van der Waals surface area (Å²) in [7, 11) is 0. The molecule has 0 amide bonds. The highest BCUT2D eigenvalue weighted by atomic mass is 19.1. The van der Waals surface area contributed by atoms with Crippen LogP contribution in [-0.4, -0.2) is 34.5 Å². The maximum Gasteiger partial charge on any atom is 0.164 e. The molecule has 11 rings (SSSR count). The van der Waals surface area contributed by atoms with Gasteiger partial charge in [-0.05, 0) is 48.0 Å². The number of aromatic nitrogens is 7. The summed E-state index contributed by atoms with van der Waals surface area (Å²) in [4.78, 5) is 29.8. The minimum Gasteiger partial charge on any atom is -0.309 e. The topological polar surface area (TPSA) is 82.3 Å². The number of benzene rings is 8. The molecule has 11 aromatic rings. The summed E-state index contributed by atoms with van der Waals surface area (Å²) in [6.45, 7) is 0. The first kappa shape index (κ1) is 37.4. The van der Waals surface area contributed by atoms with E-state index >= 15 is 8.78 Å². The van der Waals surface area contributed by atoms with Gasteiger partial charge in [-0.1, -0.05) is 152 Å². The van der Waals surface area contributed by atoms with Crippen molar-refractivity contribution in [3.63, 3.8) is 0 Å². The minimum atomic E-state index is -0.675. The molecule has 0 fully saturated rings. The minimum absolute atomic E-state index is 0.384. The molecule has 3 aromatic heterocycles. The maximum absolute atomic E-state index is 15.0. The third-order valence-electron chi connectivity index (χ3n) is 11.0. The molecule has 0 spiro atoms. The van der Waals surface area contributed by atoms with Crippen molar-refractivity contribution in [2.24, 2.45) is 0 Å². The largest absolute Gasteiger partial charge is 0.309 e. The lowest BCUT2D eigenvalue weighted by Crippen LogP contribution is -2.02. The van der Waals surface area contributed by atoms with E-state index in [2.05, 4.69) is 16.7 Å². The van der Waals surface area contributed by atoms with Crippen molar-refractivity contribution in [3.05, 3.63) is 212 Å².